The van der Waals surface area contributed by atoms with Gasteiger partial charge >= 0.3 is 0 Å². The number of unbranched alkanes of at least 4 members (excludes halogenated alkanes) is 1. The van der Waals surface area contributed by atoms with Crippen LogP contribution >= 0.6 is 0 Å². The van der Waals surface area contributed by atoms with Gasteiger partial charge in [-0.05, 0) is 62.2 Å². The molecular weight excluding hydrogens is 196 g/mol. The van der Waals surface area contributed by atoms with Crippen LogP contribution in [-0.4, -0.2) is 17.6 Å². The lowest BCUT2D eigenvalue weighted by atomic mass is 9.54. The molecule has 0 unspecified atom stereocenters. The van der Waals surface area contributed by atoms with E-state index < -0.39 is 0 Å². The highest BCUT2D eigenvalue weighted by atomic mass is 15.4. The minimum Gasteiger partial charge on any atom is -0.269 e. The number of nitrogens with two attached hydrogens (primary N) is 1. The van der Waals surface area contributed by atoms with Gasteiger partial charge in [0.25, 0.3) is 0 Å². The van der Waals surface area contributed by atoms with Crippen LogP contribution < -0.4 is 5.84 Å². The van der Waals surface area contributed by atoms with E-state index in [-0.39, 0.29) is 0 Å². The van der Waals surface area contributed by atoms with Gasteiger partial charge in [-0.3, -0.25) is 5.84 Å². The molecule has 4 aliphatic rings. The van der Waals surface area contributed by atoms with E-state index in [1.165, 1.54) is 38.5 Å². The Hall–Kier alpha value is -0.0800. The largest absolute Gasteiger partial charge is 0.269 e. The molecule has 0 saturated heterocycles. The van der Waals surface area contributed by atoms with E-state index in [9.17, 15) is 0 Å². The molecular formula is C14H26N2. The van der Waals surface area contributed by atoms with Crippen molar-refractivity contribution in [2.75, 3.05) is 6.54 Å². The molecule has 0 amide bonds. The lowest BCUT2D eigenvalue weighted by Crippen LogP contribution is -2.58. The molecule has 2 heteroatoms. The van der Waals surface area contributed by atoms with Crippen LogP contribution in [-0.2, 0) is 0 Å². The summed E-state index contributed by atoms with van der Waals surface area (Å²) in [6, 6.07) is 0.736. The molecule has 4 rings (SSSR count). The van der Waals surface area contributed by atoms with Crippen LogP contribution in [0, 0.1) is 23.7 Å². The maximum atomic E-state index is 6.32. The topological polar surface area (TPSA) is 29.3 Å². The number of rotatable bonds is 4. The average Bonchev–Trinajstić information content (AvgIpc) is 2.24. The van der Waals surface area contributed by atoms with Gasteiger partial charge in [0.2, 0.25) is 0 Å². The van der Waals surface area contributed by atoms with Gasteiger partial charge in [0.15, 0.2) is 0 Å². The minimum absolute atomic E-state index is 0.736. The van der Waals surface area contributed by atoms with Crippen molar-refractivity contribution in [3.05, 3.63) is 0 Å². The molecule has 0 aromatic carbocycles. The highest BCUT2D eigenvalue weighted by Gasteiger charge is 2.49. The molecule has 92 valence electrons. The van der Waals surface area contributed by atoms with Gasteiger partial charge in [-0.2, -0.15) is 0 Å². The molecule has 0 spiro atoms. The second-order valence-corrected chi connectivity index (χ2v) is 6.51. The van der Waals surface area contributed by atoms with Crippen LogP contribution in [0.15, 0.2) is 0 Å². The fourth-order valence-corrected chi connectivity index (χ4v) is 4.93. The van der Waals surface area contributed by atoms with Crippen molar-refractivity contribution in [1.29, 1.82) is 0 Å². The fourth-order valence-electron chi connectivity index (χ4n) is 4.93. The van der Waals surface area contributed by atoms with Crippen molar-refractivity contribution in [3.8, 4) is 0 Å². The second kappa shape index (κ2) is 4.30. The van der Waals surface area contributed by atoms with Crippen molar-refractivity contribution in [1.82, 2.24) is 5.01 Å². The highest BCUT2D eigenvalue weighted by Crippen LogP contribution is 2.54. The van der Waals surface area contributed by atoms with E-state index in [0.717, 1.165) is 36.3 Å². The fraction of sp³-hybridized carbons (Fsp3) is 1.00. The molecule has 4 bridgehead atoms. The zero-order valence-electron chi connectivity index (χ0n) is 10.6. The Morgan fingerprint density at radius 1 is 1.00 bits per heavy atom. The molecule has 4 saturated carbocycles. The van der Waals surface area contributed by atoms with Crippen molar-refractivity contribution >= 4 is 0 Å². The molecule has 2 N–H and O–H groups in total. The first kappa shape index (κ1) is 11.0. The SMILES string of the molecule is CCCCN(N)C1C2CC3CC(C2)CC1C3. The third-order valence-corrected chi connectivity index (χ3v) is 5.33. The molecule has 16 heavy (non-hydrogen) atoms. The third-order valence-electron chi connectivity index (χ3n) is 5.33. The van der Waals surface area contributed by atoms with Crippen molar-refractivity contribution < 1.29 is 0 Å². The third kappa shape index (κ3) is 1.80. The summed E-state index contributed by atoms with van der Waals surface area (Å²) in [5.41, 5.74) is 0. The highest BCUT2D eigenvalue weighted by molar-refractivity contribution is 5.01. The number of hydrogen-bond acceptors (Lipinski definition) is 2. The first-order chi connectivity index (χ1) is 7.78. The van der Waals surface area contributed by atoms with E-state index in [1.807, 2.05) is 0 Å². The zero-order valence-corrected chi connectivity index (χ0v) is 10.6. The summed E-state index contributed by atoms with van der Waals surface area (Å²) < 4.78 is 0. The van der Waals surface area contributed by atoms with Crippen LogP contribution in [0.1, 0.15) is 51.9 Å². The Labute approximate surface area is 99.5 Å². The molecule has 0 radical (unpaired) electrons. The molecule has 0 aromatic heterocycles. The van der Waals surface area contributed by atoms with Crippen molar-refractivity contribution in [2.45, 2.75) is 57.9 Å². The van der Waals surface area contributed by atoms with Gasteiger partial charge in [0.05, 0.1) is 0 Å². The Balaban J connectivity index is 1.67. The summed E-state index contributed by atoms with van der Waals surface area (Å²) in [4.78, 5) is 0. The van der Waals surface area contributed by atoms with E-state index in [2.05, 4.69) is 11.9 Å². The van der Waals surface area contributed by atoms with Crippen LogP contribution in [0.3, 0.4) is 0 Å². The summed E-state index contributed by atoms with van der Waals surface area (Å²) in [6.45, 7) is 3.37. The Morgan fingerprint density at radius 2 is 1.56 bits per heavy atom. The zero-order chi connectivity index (χ0) is 11.1. The molecule has 2 nitrogen and oxygen atoms in total. The quantitative estimate of drug-likeness (QED) is 0.585. The Kier molecular flexibility index (Phi) is 2.97. The van der Waals surface area contributed by atoms with E-state index >= 15 is 0 Å². The lowest BCUT2D eigenvalue weighted by Gasteiger charge is -2.56. The monoisotopic (exact) mass is 222 g/mol. The predicted octanol–water partition coefficient (Wildman–Crippen LogP) is 2.79. The van der Waals surface area contributed by atoms with Gasteiger partial charge in [-0.25, -0.2) is 5.01 Å². The van der Waals surface area contributed by atoms with Gasteiger partial charge in [-0.1, -0.05) is 13.3 Å². The van der Waals surface area contributed by atoms with Gasteiger partial charge in [0.1, 0.15) is 0 Å². The normalized spacial score (nSPS) is 45.6. The van der Waals surface area contributed by atoms with Crippen molar-refractivity contribution in [3.63, 3.8) is 0 Å². The molecule has 0 atom stereocenters. The average molecular weight is 222 g/mol. The summed E-state index contributed by atoms with van der Waals surface area (Å²) in [6.07, 6.45) is 10.0. The van der Waals surface area contributed by atoms with Gasteiger partial charge < -0.3 is 0 Å². The summed E-state index contributed by atoms with van der Waals surface area (Å²) in [5, 5.41) is 2.22. The van der Waals surface area contributed by atoms with E-state index in [1.54, 1.807) is 6.42 Å². The Bertz CT molecular complexity index is 223. The lowest BCUT2D eigenvalue weighted by molar-refractivity contribution is -0.0663. The van der Waals surface area contributed by atoms with Crippen LogP contribution in [0.4, 0.5) is 0 Å². The standard InChI is InChI=1S/C14H26N2/c1-2-3-4-16(15)14-12-6-10-5-11(8-12)9-13(14)7-10/h10-14H,2-9,15H2,1H3. The molecule has 0 aliphatic heterocycles. The van der Waals surface area contributed by atoms with E-state index in [4.69, 9.17) is 5.84 Å². The number of hydrogen-bond donors (Lipinski definition) is 1. The summed E-state index contributed by atoms with van der Waals surface area (Å²) in [7, 11) is 0. The van der Waals surface area contributed by atoms with Crippen LogP contribution in [0.2, 0.25) is 0 Å². The first-order valence-electron chi connectivity index (χ1n) is 7.29. The van der Waals surface area contributed by atoms with E-state index in [0.29, 0.717) is 0 Å². The second-order valence-electron chi connectivity index (χ2n) is 6.51. The molecule has 0 aromatic rings. The van der Waals surface area contributed by atoms with Crippen LogP contribution in [0.25, 0.3) is 0 Å². The molecule has 0 heterocycles. The first-order valence-corrected chi connectivity index (χ1v) is 7.29. The number of nitrogens with zero attached hydrogens (tertiary/aromatic N) is 1. The Morgan fingerprint density at radius 3 is 2.06 bits per heavy atom. The van der Waals surface area contributed by atoms with Crippen molar-refractivity contribution in [2.24, 2.45) is 29.5 Å². The summed E-state index contributed by atoms with van der Waals surface area (Å²) >= 11 is 0. The predicted molar refractivity (Wildman–Crippen MR) is 66.6 cm³/mol. The van der Waals surface area contributed by atoms with Crippen LogP contribution in [0.5, 0.6) is 0 Å². The minimum atomic E-state index is 0.736. The van der Waals surface area contributed by atoms with Gasteiger partial charge in [0, 0.05) is 12.6 Å². The maximum Gasteiger partial charge on any atom is 0.0297 e. The van der Waals surface area contributed by atoms with Gasteiger partial charge in [-0.15, -0.1) is 0 Å². The molecule has 4 fully saturated rings. The molecule has 4 aliphatic carbocycles. The maximum absolute atomic E-state index is 6.32. The summed E-state index contributed by atoms with van der Waals surface area (Å²) in [5.74, 6) is 10.3. The smallest absolute Gasteiger partial charge is 0.0297 e. The number of hydrazine groups is 1.